The lowest BCUT2D eigenvalue weighted by Gasteiger charge is -1.99. The molecule has 1 heterocycles. The maximum atomic E-state index is 3.50. The van der Waals surface area contributed by atoms with Gasteiger partial charge in [-0.05, 0) is 67.7 Å². The Morgan fingerprint density at radius 2 is 2.08 bits per heavy atom. The number of hydrogen-bond donors (Lipinski definition) is 0. The SMILES string of the molecule is BrCc1cc2cc(Br)sc2cc1I. The first kappa shape index (κ1) is 10.4. The van der Waals surface area contributed by atoms with E-state index in [2.05, 4.69) is 72.6 Å². The van der Waals surface area contributed by atoms with Gasteiger partial charge >= 0.3 is 0 Å². The van der Waals surface area contributed by atoms with E-state index in [9.17, 15) is 0 Å². The third-order valence-electron chi connectivity index (χ3n) is 1.80. The number of rotatable bonds is 1. The summed E-state index contributed by atoms with van der Waals surface area (Å²) in [7, 11) is 0. The number of hydrogen-bond acceptors (Lipinski definition) is 1. The fraction of sp³-hybridized carbons (Fsp3) is 0.111. The first-order valence-electron chi connectivity index (χ1n) is 3.64. The Morgan fingerprint density at radius 3 is 2.77 bits per heavy atom. The molecule has 0 saturated carbocycles. The van der Waals surface area contributed by atoms with Crippen LogP contribution < -0.4 is 0 Å². The van der Waals surface area contributed by atoms with E-state index in [1.807, 2.05) is 0 Å². The molecule has 0 nitrogen and oxygen atoms in total. The summed E-state index contributed by atoms with van der Waals surface area (Å²) >= 11 is 11.1. The molecule has 0 saturated heterocycles. The van der Waals surface area contributed by atoms with Gasteiger partial charge in [-0.15, -0.1) is 11.3 Å². The van der Waals surface area contributed by atoms with E-state index in [1.54, 1.807) is 11.3 Å². The van der Waals surface area contributed by atoms with Crippen molar-refractivity contribution in [3.8, 4) is 0 Å². The fourth-order valence-electron chi connectivity index (χ4n) is 1.18. The lowest BCUT2D eigenvalue weighted by atomic mass is 10.2. The first-order valence-corrected chi connectivity index (χ1v) is 7.45. The molecule has 0 aliphatic rings. The van der Waals surface area contributed by atoms with Crippen molar-refractivity contribution in [1.82, 2.24) is 0 Å². The van der Waals surface area contributed by atoms with Gasteiger partial charge in [0.15, 0.2) is 0 Å². The summed E-state index contributed by atoms with van der Waals surface area (Å²) in [5.41, 5.74) is 1.36. The van der Waals surface area contributed by atoms with Crippen LogP contribution >= 0.6 is 65.8 Å². The fourth-order valence-corrected chi connectivity index (χ4v) is 4.61. The second kappa shape index (κ2) is 4.16. The third kappa shape index (κ3) is 2.11. The van der Waals surface area contributed by atoms with Gasteiger partial charge in [0, 0.05) is 13.6 Å². The summed E-state index contributed by atoms with van der Waals surface area (Å²) < 4.78 is 3.88. The molecule has 68 valence electrons. The van der Waals surface area contributed by atoms with Crippen LogP contribution in [0.3, 0.4) is 0 Å². The second-order valence-electron chi connectivity index (χ2n) is 2.67. The highest BCUT2D eigenvalue weighted by molar-refractivity contribution is 14.1. The van der Waals surface area contributed by atoms with E-state index in [1.165, 1.54) is 23.0 Å². The molecule has 0 aliphatic carbocycles. The molecule has 0 spiro atoms. The largest absolute Gasteiger partial charge is 0.128 e. The highest BCUT2D eigenvalue weighted by Gasteiger charge is 2.04. The van der Waals surface area contributed by atoms with E-state index in [0.717, 1.165) is 5.33 Å². The molecule has 0 bridgehead atoms. The van der Waals surface area contributed by atoms with Gasteiger partial charge in [-0.2, -0.15) is 0 Å². The predicted molar refractivity (Wildman–Crippen MR) is 74.9 cm³/mol. The average molecular weight is 432 g/mol. The number of alkyl halides is 1. The van der Waals surface area contributed by atoms with Gasteiger partial charge in [-0.1, -0.05) is 15.9 Å². The quantitative estimate of drug-likeness (QED) is 0.432. The zero-order valence-electron chi connectivity index (χ0n) is 6.48. The molecule has 2 rings (SSSR count). The molecule has 0 radical (unpaired) electrons. The molecule has 4 heteroatoms. The van der Waals surface area contributed by atoms with Crippen LogP contribution in [0.1, 0.15) is 5.56 Å². The zero-order valence-corrected chi connectivity index (χ0v) is 12.6. The molecule has 1 aromatic carbocycles. The maximum absolute atomic E-state index is 3.50. The predicted octanol–water partition coefficient (Wildman–Crippen LogP) is 5.16. The van der Waals surface area contributed by atoms with Crippen molar-refractivity contribution in [2.45, 2.75) is 5.33 Å². The highest BCUT2D eigenvalue weighted by Crippen LogP contribution is 2.32. The topological polar surface area (TPSA) is 0 Å². The Bertz CT molecular complexity index is 450. The molecular weight excluding hydrogens is 427 g/mol. The van der Waals surface area contributed by atoms with E-state index >= 15 is 0 Å². The lowest BCUT2D eigenvalue weighted by molar-refractivity contribution is 1.43. The van der Waals surface area contributed by atoms with Crippen molar-refractivity contribution < 1.29 is 0 Å². The summed E-state index contributed by atoms with van der Waals surface area (Å²) in [4.78, 5) is 0. The number of benzene rings is 1. The van der Waals surface area contributed by atoms with E-state index < -0.39 is 0 Å². The molecule has 0 N–H and O–H groups in total. The molecular formula is C9H5Br2IS. The Kier molecular flexibility index (Phi) is 3.33. The molecule has 0 atom stereocenters. The summed E-state index contributed by atoms with van der Waals surface area (Å²) in [5, 5.41) is 2.25. The van der Waals surface area contributed by atoms with Crippen molar-refractivity contribution in [2.75, 3.05) is 0 Å². The summed E-state index contributed by atoms with van der Waals surface area (Å²) in [5.74, 6) is 0. The van der Waals surface area contributed by atoms with Crippen LogP contribution in [0, 0.1) is 3.57 Å². The monoisotopic (exact) mass is 430 g/mol. The van der Waals surface area contributed by atoms with E-state index in [-0.39, 0.29) is 0 Å². The Labute approximate surface area is 111 Å². The normalized spacial score (nSPS) is 11.0. The summed E-state index contributed by atoms with van der Waals surface area (Å²) in [6.45, 7) is 0. The van der Waals surface area contributed by atoms with Crippen LogP contribution in [0.4, 0.5) is 0 Å². The molecule has 0 amide bonds. The standard InChI is InChI=1S/C9H5Br2IS/c10-4-6-1-5-2-9(11)13-8(5)3-7(6)12/h1-3H,4H2. The second-order valence-corrected chi connectivity index (χ2v) is 6.85. The van der Waals surface area contributed by atoms with Gasteiger partial charge in [0.2, 0.25) is 0 Å². The Morgan fingerprint density at radius 1 is 1.31 bits per heavy atom. The van der Waals surface area contributed by atoms with Gasteiger partial charge in [0.1, 0.15) is 0 Å². The van der Waals surface area contributed by atoms with Crippen LogP contribution in [-0.2, 0) is 5.33 Å². The molecule has 1 aromatic heterocycles. The van der Waals surface area contributed by atoms with E-state index in [0.29, 0.717) is 0 Å². The van der Waals surface area contributed by atoms with Gasteiger partial charge in [-0.3, -0.25) is 0 Å². The Balaban J connectivity index is 2.72. The smallest absolute Gasteiger partial charge is 0.0711 e. The maximum Gasteiger partial charge on any atom is 0.0711 e. The minimum absolute atomic E-state index is 0.925. The van der Waals surface area contributed by atoms with E-state index in [4.69, 9.17) is 0 Å². The zero-order chi connectivity index (χ0) is 9.42. The van der Waals surface area contributed by atoms with Crippen molar-refractivity contribution in [3.05, 3.63) is 31.1 Å². The minimum Gasteiger partial charge on any atom is -0.128 e. The number of fused-ring (bicyclic) bond motifs is 1. The summed E-state index contributed by atoms with van der Waals surface area (Å²) in [6, 6.07) is 6.65. The molecule has 0 aliphatic heterocycles. The lowest BCUT2D eigenvalue weighted by Crippen LogP contribution is -1.81. The average Bonchev–Trinajstić information content (AvgIpc) is 2.42. The van der Waals surface area contributed by atoms with Crippen LogP contribution in [0.25, 0.3) is 10.1 Å². The van der Waals surface area contributed by atoms with Gasteiger partial charge in [0.05, 0.1) is 3.79 Å². The highest BCUT2D eigenvalue weighted by atomic mass is 127. The summed E-state index contributed by atoms with van der Waals surface area (Å²) in [6.07, 6.45) is 0. The molecule has 13 heavy (non-hydrogen) atoms. The number of halogens is 3. The van der Waals surface area contributed by atoms with Crippen molar-refractivity contribution in [1.29, 1.82) is 0 Å². The van der Waals surface area contributed by atoms with Crippen molar-refractivity contribution >= 4 is 75.9 Å². The molecule has 2 aromatic rings. The van der Waals surface area contributed by atoms with Gasteiger partial charge < -0.3 is 0 Å². The third-order valence-corrected chi connectivity index (χ3v) is 5.01. The van der Waals surface area contributed by atoms with Crippen LogP contribution in [0.5, 0.6) is 0 Å². The van der Waals surface area contributed by atoms with Gasteiger partial charge in [0.25, 0.3) is 0 Å². The van der Waals surface area contributed by atoms with Crippen molar-refractivity contribution in [3.63, 3.8) is 0 Å². The van der Waals surface area contributed by atoms with Crippen LogP contribution in [0.2, 0.25) is 0 Å². The van der Waals surface area contributed by atoms with Crippen molar-refractivity contribution in [2.24, 2.45) is 0 Å². The Hall–Kier alpha value is 0.870. The van der Waals surface area contributed by atoms with Gasteiger partial charge in [-0.25, -0.2) is 0 Å². The minimum atomic E-state index is 0.925. The van der Waals surface area contributed by atoms with Crippen LogP contribution in [-0.4, -0.2) is 0 Å². The first-order chi connectivity index (χ1) is 6.20. The number of thiophene rings is 1. The molecule has 0 unspecified atom stereocenters. The van der Waals surface area contributed by atoms with Crippen LogP contribution in [0.15, 0.2) is 22.0 Å². The molecule has 0 fully saturated rings.